The van der Waals surface area contributed by atoms with Crippen molar-refractivity contribution in [1.29, 1.82) is 0 Å². The minimum absolute atomic E-state index is 0.0538. The molecule has 0 aliphatic carbocycles. The largest absolute Gasteiger partial charge is 0.373 e. The van der Waals surface area contributed by atoms with E-state index in [-0.39, 0.29) is 53.1 Å². The fourth-order valence-corrected chi connectivity index (χ4v) is 5.51. The Morgan fingerprint density at radius 1 is 1.20 bits per heavy atom. The van der Waals surface area contributed by atoms with Crippen molar-refractivity contribution in [2.75, 3.05) is 19.6 Å². The van der Waals surface area contributed by atoms with Gasteiger partial charge in [-0.3, -0.25) is 4.79 Å². The molecule has 1 fully saturated rings. The van der Waals surface area contributed by atoms with Gasteiger partial charge in [0.15, 0.2) is 0 Å². The lowest BCUT2D eigenvalue weighted by Gasteiger charge is -2.34. The van der Waals surface area contributed by atoms with E-state index in [9.17, 15) is 17.6 Å². The van der Waals surface area contributed by atoms with Crippen molar-refractivity contribution < 1.29 is 22.3 Å². The number of carbonyl (C=O) groups excluding carboxylic acids is 1. The van der Waals surface area contributed by atoms with E-state index in [0.717, 1.165) is 5.56 Å². The Kier molecular flexibility index (Phi) is 7.13. The van der Waals surface area contributed by atoms with Crippen LogP contribution in [0.4, 0.5) is 4.39 Å². The van der Waals surface area contributed by atoms with E-state index in [1.807, 2.05) is 13.8 Å². The first-order valence-corrected chi connectivity index (χ1v) is 11.5. The van der Waals surface area contributed by atoms with Crippen LogP contribution < -0.4 is 5.32 Å². The zero-order valence-electron chi connectivity index (χ0n) is 16.8. The maximum atomic E-state index is 13.2. The van der Waals surface area contributed by atoms with Crippen LogP contribution in [0.3, 0.4) is 0 Å². The minimum atomic E-state index is -3.88. The highest BCUT2D eigenvalue weighted by molar-refractivity contribution is 7.89. The van der Waals surface area contributed by atoms with Crippen LogP contribution in [0.15, 0.2) is 47.4 Å². The highest BCUT2D eigenvalue weighted by atomic mass is 35.5. The van der Waals surface area contributed by atoms with Crippen LogP contribution in [-0.2, 0) is 21.2 Å². The Balaban J connectivity index is 1.73. The van der Waals surface area contributed by atoms with Crippen molar-refractivity contribution in [2.24, 2.45) is 0 Å². The Labute approximate surface area is 181 Å². The van der Waals surface area contributed by atoms with Gasteiger partial charge in [0, 0.05) is 25.2 Å². The van der Waals surface area contributed by atoms with Crippen molar-refractivity contribution in [2.45, 2.75) is 37.4 Å². The first-order chi connectivity index (χ1) is 14.2. The van der Waals surface area contributed by atoms with E-state index in [1.165, 1.54) is 34.6 Å². The number of carbonyl (C=O) groups is 1. The van der Waals surface area contributed by atoms with Crippen molar-refractivity contribution in [3.63, 3.8) is 0 Å². The smallest absolute Gasteiger partial charge is 0.251 e. The summed E-state index contributed by atoms with van der Waals surface area (Å²) in [4.78, 5) is 12.4. The van der Waals surface area contributed by atoms with Crippen molar-refractivity contribution in [3.05, 3.63) is 64.4 Å². The van der Waals surface area contributed by atoms with Crippen molar-refractivity contribution >= 4 is 27.5 Å². The lowest BCUT2D eigenvalue weighted by molar-refractivity contribution is -0.0440. The number of halogens is 2. The van der Waals surface area contributed by atoms with Crippen LogP contribution in [0.25, 0.3) is 0 Å². The second kappa shape index (κ2) is 9.43. The number of rotatable bonds is 6. The Bertz CT molecular complexity index is 1020. The third-order valence-electron chi connectivity index (χ3n) is 4.79. The Morgan fingerprint density at radius 2 is 1.90 bits per heavy atom. The molecule has 1 aliphatic rings. The number of nitrogens with zero attached hydrogens (tertiary/aromatic N) is 1. The van der Waals surface area contributed by atoms with E-state index < -0.39 is 15.9 Å². The number of ether oxygens (including phenoxy) is 1. The molecule has 2 unspecified atom stereocenters. The lowest BCUT2D eigenvalue weighted by Crippen LogP contribution is -2.48. The highest BCUT2D eigenvalue weighted by Crippen LogP contribution is 2.28. The molecule has 6 nitrogen and oxygen atoms in total. The SMILES string of the molecule is CC1CN(S(=O)(=O)c2cc(C(=O)NCCc3cccc(F)c3)ccc2Cl)CC(C)O1. The van der Waals surface area contributed by atoms with Crippen LogP contribution in [0, 0.1) is 5.82 Å². The molecule has 1 heterocycles. The van der Waals surface area contributed by atoms with Crippen molar-refractivity contribution in [1.82, 2.24) is 9.62 Å². The summed E-state index contributed by atoms with van der Waals surface area (Å²) in [5, 5.41) is 2.78. The van der Waals surface area contributed by atoms with Gasteiger partial charge in [0.25, 0.3) is 5.91 Å². The molecule has 0 radical (unpaired) electrons. The fourth-order valence-electron chi connectivity index (χ4n) is 3.42. The summed E-state index contributed by atoms with van der Waals surface area (Å²) in [5.74, 6) is -0.763. The fraction of sp³-hybridized carbons (Fsp3) is 0.381. The van der Waals surface area contributed by atoms with Crippen LogP contribution in [0.1, 0.15) is 29.8 Å². The van der Waals surface area contributed by atoms with Gasteiger partial charge in [-0.2, -0.15) is 4.31 Å². The summed E-state index contributed by atoms with van der Waals surface area (Å²) >= 11 is 6.17. The normalized spacial score (nSPS) is 20.1. The predicted octanol–water partition coefficient (Wildman–Crippen LogP) is 3.25. The predicted molar refractivity (Wildman–Crippen MR) is 113 cm³/mol. The van der Waals surface area contributed by atoms with E-state index in [1.54, 1.807) is 12.1 Å². The van der Waals surface area contributed by atoms with Gasteiger partial charge in [-0.25, -0.2) is 12.8 Å². The molecule has 2 aromatic carbocycles. The summed E-state index contributed by atoms with van der Waals surface area (Å²) in [5.41, 5.74) is 0.941. The maximum absolute atomic E-state index is 13.2. The quantitative estimate of drug-likeness (QED) is 0.727. The zero-order valence-corrected chi connectivity index (χ0v) is 18.3. The minimum Gasteiger partial charge on any atom is -0.373 e. The number of morpholine rings is 1. The van der Waals surface area contributed by atoms with Crippen LogP contribution in [0.2, 0.25) is 5.02 Å². The number of sulfonamides is 1. The van der Waals surface area contributed by atoms with Gasteiger partial charge in [-0.1, -0.05) is 23.7 Å². The Hall–Kier alpha value is -2.00. The van der Waals surface area contributed by atoms with E-state index >= 15 is 0 Å². The van der Waals surface area contributed by atoms with Gasteiger partial charge in [0.2, 0.25) is 10.0 Å². The standard InChI is InChI=1S/C21H24ClFN2O4S/c1-14-12-25(13-15(2)29-14)30(27,28)20-11-17(6-7-19(20)22)21(26)24-9-8-16-4-3-5-18(23)10-16/h3-7,10-11,14-15H,8-9,12-13H2,1-2H3,(H,24,26). The zero-order chi connectivity index (χ0) is 21.9. The Morgan fingerprint density at radius 3 is 2.57 bits per heavy atom. The second-order valence-corrected chi connectivity index (χ2v) is 9.67. The maximum Gasteiger partial charge on any atom is 0.251 e. The number of nitrogens with one attached hydrogen (secondary N) is 1. The summed E-state index contributed by atoms with van der Waals surface area (Å²) in [6, 6.07) is 10.3. The monoisotopic (exact) mass is 454 g/mol. The molecule has 2 atom stereocenters. The molecule has 30 heavy (non-hydrogen) atoms. The van der Waals surface area contributed by atoms with Gasteiger partial charge in [0.1, 0.15) is 10.7 Å². The average Bonchev–Trinajstić information content (AvgIpc) is 2.67. The molecular formula is C21H24ClFN2O4S. The van der Waals surface area contributed by atoms with Gasteiger partial charge in [-0.15, -0.1) is 0 Å². The van der Waals surface area contributed by atoms with Gasteiger partial charge in [0.05, 0.1) is 17.2 Å². The summed E-state index contributed by atoms with van der Waals surface area (Å²) in [6.45, 7) is 4.33. The molecule has 1 saturated heterocycles. The third kappa shape index (κ3) is 5.37. The van der Waals surface area contributed by atoms with Gasteiger partial charge in [-0.05, 0) is 56.2 Å². The van der Waals surface area contributed by atoms with Gasteiger partial charge >= 0.3 is 0 Å². The molecule has 1 amide bonds. The molecule has 162 valence electrons. The second-order valence-electron chi connectivity index (χ2n) is 7.36. The number of amides is 1. The van der Waals surface area contributed by atoms with Crippen LogP contribution in [0.5, 0.6) is 0 Å². The summed E-state index contributed by atoms with van der Waals surface area (Å²) < 4.78 is 46.4. The summed E-state index contributed by atoms with van der Waals surface area (Å²) in [6.07, 6.45) is -0.0283. The first kappa shape index (κ1) is 22.7. The molecule has 1 aliphatic heterocycles. The molecule has 2 aromatic rings. The molecular weight excluding hydrogens is 431 g/mol. The van der Waals surface area contributed by atoms with Crippen LogP contribution >= 0.6 is 11.6 Å². The van der Waals surface area contributed by atoms with Gasteiger partial charge < -0.3 is 10.1 Å². The summed E-state index contributed by atoms with van der Waals surface area (Å²) in [7, 11) is -3.88. The number of benzene rings is 2. The topological polar surface area (TPSA) is 75.7 Å². The molecule has 0 spiro atoms. The molecule has 0 aromatic heterocycles. The van der Waals surface area contributed by atoms with E-state index in [2.05, 4.69) is 5.32 Å². The lowest BCUT2D eigenvalue weighted by atomic mass is 10.1. The molecule has 3 rings (SSSR count). The van der Waals surface area contributed by atoms with Crippen LogP contribution in [-0.4, -0.2) is 50.5 Å². The third-order valence-corrected chi connectivity index (χ3v) is 7.10. The van der Waals surface area contributed by atoms with Crippen molar-refractivity contribution in [3.8, 4) is 0 Å². The number of hydrogen-bond acceptors (Lipinski definition) is 4. The molecule has 9 heteroatoms. The molecule has 0 saturated carbocycles. The van der Waals surface area contributed by atoms with E-state index in [0.29, 0.717) is 6.42 Å². The number of hydrogen-bond donors (Lipinski definition) is 1. The first-order valence-electron chi connectivity index (χ1n) is 9.64. The molecule has 0 bridgehead atoms. The highest BCUT2D eigenvalue weighted by Gasteiger charge is 2.33. The molecule has 1 N–H and O–H groups in total. The van der Waals surface area contributed by atoms with E-state index in [4.69, 9.17) is 16.3 Å². The average molecular weight is 455 g/mol.